The molecule has 0 atom stereocenters. The van der Waals surface area contributed by atoms with E-state index in [1.54, 1.807) is 29.6 Å². The molecule has 2 aromatic carbocycles. The van der Waals surface area contributed by atoms with Crippen molar-refractivity contribution in [3.8, 4) is 11.1 Å². The Kier molecular flexibility index (Phi) is 5.52. The van der Waals surface area contributed by atoms with Gasteiger partial charge in [-0.2, -0.15) is 0 Å². The number of hydrogen-bond donors (Lipinski definition) is 2. The van der Waals surface area contributed by atoms with Crippen LogP contribution in [0.15, 0.2) is 71.3 Å². The highest BCUT2D eigenvalue weighted by Gasteiger charge is 2.18. The van der Waals surface area contributed by atoms with Gasteiger partial charge in [-0.1, -0.05) is 12.1 Å². The lowest BCUT2D eigenvalue weighted by Gasteiger charge is -2.10. The molecule has 0 aliphatic rings. The number of fused-ring (bicyclic) bond motifs is 1. The van der Waals surface area contributed by atoms with E-state index >= 15 is 0 Å². The van der Waals surface area contributed by atoms with Gasteiger partial charge in [-0.15, -0.1) is 22.7 Å². The van der Waals surface area contributed by atoms with E-state index in [2.05, 4.69) is 25.0 Å². The Hall–Kier alpha value is -3.41. The summed E-state index contributed by atoms with van der Waals surface area (Å²) in [4.78, 5) is 14.7. The first-order chi connectivity index (χ1) is 15.9. The minimum Gasteiger partial charge on any atom is -0.340 e. The van der Waals surface area contributed by atoms with Gasteiger partial charge >= 0.3 is 0 Å². The van der Waals surface area contributed by atoms with Gasteiger partial charge in [0.25, 0.3) is 10.0 Å². The van der Waals surface area contributed by atoms with E-state index in [4.69, 9.17) is 0 Å². The molecule has 0 radical (unpaired) electrons. The fraction of sp³-hybridized carbons (Fsp3) is 0.0455. The molecule has 0 fully saturated rings. The van der Waals surface area contributed by atoms with Crippen molar-refractivity contribution in [2.45, 2.75) is 11.8 Å². The lowest BCUT2D eigenvalue weighted by atomic mass is 10.0. The van der Waals surface area contributed by atoms with E-state index in [0.29, 0.717) is 16.6 Å². The maximum Gasteiger partial charge on any atom is 0.263 e. The molecule has 11 heteroatoms. The number of thiazole rings is 1. The lowest BCUT2D eigenvalue weighted by Crippen LogP contribution is -2.12. The Balaban J connectivity index is 1.48. The molecule has 0 unspecified atom stereocenters. The number of hydrogen-bond acceptors (Lipinski definition) is 8. The first-order valence-corrected chi connectivity index (χ1v) is 12.9. The Labute approximate surface area is 197 Å². The molecule has 0 saturated carbocycles. The zero-order chi connectivity index (χ0) is 23.0. The fourth-order valence-electron chi connectivity index (χ4n) is 3.41. The van der Waals surface area contributed by atoms with Gasteiger partial charge in [-0.25, -0.2) is 27.8 Å². The third-order valence-corrected chi connectivity index (χ3v) is 8.06. The van der Waals surface area contributed by atoms with Crippen molar-refractivity contribution in [1.29, 1.82) is 0 Å². The van der Waals surface area contributed by atoms with E-state index in [-0.39, 0.29) is 10.7 Å². The van der Waals surface area contributed by atoms with Gasteiger partial charge in [0.1, 0.15) is 22.8 Å². The first-order valence-electron chi connectivity index (χ1n) is 9.70. The smallest absolute Gasteiger partial charge is 0.263 e. The van der Waals surface area contributed by atoms with Crippen LogP contribution in [0.5, 0.6) is 0 Å². The number of nitrogens with one attached hydrogen (secondary N) is 2. The summed E-state index contributed by atoms with van der Waals surface area (Å²) in [6.07, 6.45) is 3.01. The van der Waals surface area contributed by atoms with Crippen molar-refractivity contribution in [1.82, 2.24) is 15.0 Å². The van der Waals surface area contributed by atoms with Crippen molar-refractivity contribution in [3.63, 3.8) is 0 Å². The molecule has 5 rings (SSSR count). The van der Waals surface area contributed by atoms with Crippen molar-refractivity contribution >= 4 is 59.6 Å². The largest absolute Gasteiger partial charge is 0.340 e. The Morgan fingerprint density at radius 3 is 2.42 bits per heavy atom. The maximum absolute atomic E-state index is 13.4. The summed E-state index contributed by atoms with van der Waals surface area (Å²) in [7, 11) is -3.73. The number of rotatable bonds is 6. The molecule has 5 aromatic rings. The average molecular weight is 498 g/mol. The number of anilines is 3. The lowest BCUT2D eigenvalue weighted by molar-refractivity contribution is 0.601. The molecule has 0 aliphatic carbocycles. The number of aromatic nitrogens is 3. The Bertz CT molecular complexity index is 1530. The second kappa shape index (κ2) is 8.50. The van der Waals surface area contributed by atoms with Crippen LogP contribution in [0.1, 0.15) is 4.88 Å². The van der Waals surface area contributed by atoms with Crippen molar-refractivity contribution in [2.75, 3.05) is 10.0 Å². The number of sulfonamides is 1. The second-order valence-electron chi connectivity index (χ2n) is 7.03. The highest BCUT2D eigenvalue weighted by Crippen LogP contribution is 2.41. The molecule has 33 heavy (non-hydrogen) atoms. The number of halogens is 1. The molecule has 0 bridgehead atoms. The van der Waals surface area contributed by atoms with Crippen LogP contribution in [-0.2, 0) is 10.0 Å². The van der Waals surface area contributed by atoms with Crippen molar-refractivity contribution in [2.24, 2.45) is 0 Å². The standard InChI is InChI=1S/C22H16FN5O2S3/c1-13-18(14-2-4-15(23)5-3-14)19-20(25-12-26-21(19)32-13)27-16-6-8-17(9-7-16)33(29,30)28-22-24-10-11-31-22/h2-12H,1H3,(H,24,28)(H,25,26,27). The van der Waals surface area contributed by atoms with Gasteiger partial charge in [0.05, 0.1) is 10.3 Å². The van der Waals surface area contributed by atoms with E-state index in [0.717, 1.165) is 26.2 Å². The number of thiophene rings is 1. The van der Waals surface area contributed by atoms with Gasteiger partial charge in [0, 0.05) is 27.7 Å². The average Bonchev–Trinajstić information content (AvgIpc) is 3.42. The third kappa shape index (κ3) is 4.30. The number of aryl methyl sites for hydroxylation is 1. The SMILES string of the molecule is Cc1sc2ncnc(Nc3ccc(S(=O)(=O)Nc4nccs4)cc3)c2c1-c1ccc(F)cc1. The highest BCUT2D eigenvalue weighted by molar-refractivity contribution is 7.93. The first kappa shape index (κ1) is 21.4. The summed E-state index contributed by atoms with van der Waals surface area (Å²) in [6, 6.07) is 12.7. The number of nitrogens with zero attached hydrogens (tertiary/aromatic N) is 3. The second-order valence-corrected chi connectivity index (χ2v) is 10.8. The molecule has 0 amide bonds. The summed E-state index contributed by atoms with van der Waals surface area (Å²) >= 11 is 2.74. The minimum absolute atomic E-state index is 0.120. The van der Waals surface area contributed by atoms with Crippen LogP contribution in [-0.4, -0.2) is 23.4 Å². The fourth-order valence-corrected chi connectivity index (χ4v) is 6.21. The molecule has 3 heterocycles. The van der Waals surface area contributed by atoms with Gasteiger partial charge < -0.3 is 5.32 Å². The zero-order valence-electron chi connectivity index (χ0n) is 17.1. The van der Waals surface area contributed by atoms with Crippen LogP contribution < -0.4 is 10.0 Å². The predicted molar refractivity (Wildman–Crippen MR) is 130 cm³/mol. The molecule has 0 saturated heterocycles. The van der Waals surface area contributed by atoms with Crippen molar-refractivity contribution in [3.05, 3.63) is 77.1 Å². The third-order valence-electron chi connectivity index (χ3n) is 4.88. The van der Waals surface area contributed by atoms with Crippen LogP contribution >= 0.6 is 22.7 Å². The van der Waals surface area contributed by atoms with Crippen molar-refractivity contribution < 1.29 is 12.8 Å². The molecule has 7 nitrogen and oxygen atoms in total. The topological polar surface area (TPSA) is 96.9 Å². The zero-order valence-corrected chi connectivity index (χ0v) is 19.6. The molecule has 0 aliphatic heterocycles. The van der Waals surface area contributed by atoms with E-state index in [1.165, 1.54) is 59.5 Å². The Morgan fingerprint density at radius 2 is 1.73 bits per heavy atom. The van der Waals surface area contributed by atoms with Gasteiger partial charge in [0.2, 0.25) is 0 Å². The molecule has 0 spiro atoms. The van der Waals surface area contributed by atoms with Gasteiger partial charge in [-0.05, 0) is 48.9 Å². The van der Waals surface area contributed by atoms with E-state index in [1.807, 2.05) is 6.92 Å². The van der Waals surface area contributed by atoms with Crippen LogP contribution in [0.2, 0.25) is 0 Å². The maximum atomic E-state index is 13.4. The summed E-state index contributed by atoms with van der Waals surface area (Å²) in [5.74, 6) is 0.283. The monoisotopic (exact) mass is 497 g/mol. The highest BCUT2D eigenvalue weighted by atomic mass is 32.2. The minimum atomic E-state index is -3.73. The van der Waals surface area contributed by atoms with E-state index < -0.39 is 10.0 Å². The van der Waals surface area contributed by atoms with Gasteiger partial charge in [0.15, 0.2) is 5.13 Å². The molecule has 3 aromatic heterocycles. The van der Waals surface area contributed by atoms with Crippen LogP contribution in [0, 0.1) is 12.7 Å². The summed E-state index contributed by atoms with van der Waals surface area (Å²) in [5, 5.41) is 6.09. The normalized spacial score (nSPS) is 11.6. The summed E-state index contributed by atoms with van der Waals surface area (Å²) in [5.41, 5.74) is 2.47. The summed E-state index contributed by atoms with van der Waals surface area (Å²) in [6.45, 7) is 1.99. The molecule has 166 valence electrons. The number of benzene rings is 2. The predicted octanol–water partition coefficient (Wildman–Crippen LogP) is 5.81. The molecule has 2 N–H and O–H groups in total. The van der Waals surface area contributed by atoms with Crippen LogP contribution in [0.3, 0.4) is 0 Å². The van der Waals surface area contributed by atoms with E-state index in [9.17, 15) is 12.8 Å². The van der Waals surface area contributed by atoms with Crippen LogP contribution in [0.4, 0.5) is 21.0 Å². The quantitative estimate of drug-likeness (QED) is 0.307. The van der Waals surface area contributed by atoms with Crippen LogP contribution in [0.25, 0.3) is 21.3 Å². The molecular formula is C22H16FN5O2S3. The van der Waals surface area contributed by atoms with Gasteiger partial charge in [-0.3, -0.25) is 4.72 Å². The Morgan fingerprint density at radius 1 is 0.970 bits per heavy atom. The molecular weight excluding hydrogens is 481 g/mol. The summed E-state index contributed by atoms with van der Waals surface area (Å²) < 4.78 is 41.0.